The van der Waals surface area contributed by atoms with Gasteiger partial charge < -0.3 is 15.0 Å². The Balaban J connectivity index is 2.91. The van der Waals surface area contributed by atoms with E-state index in [1.54, 1.807) is 6.33 Å². The summed E-state index contributed by atoms with van der Waals surface area (Å²) in [6.07, 6.45) is 1.61. The lowest BCUT2D eigenvalue weighted by Gasteiger charge is -2.25. The zero-order valence-electron chi connectivity index (χ0n) is 11.8. The summed E-state index contributed by atoms with van der Waals surface area (Å²) in [5, 5.41) is 0. The zero-order chi connectivity index (χ0) is 13.9. The topological polar surface area (TPSA) is 70.1 Å². The molecule has 0 saturated heterocycles. The van der Waals surface area contributed by atoms with E-state index < -0.39 is 5.97 Å². The molecule has 102 valence electrons. The van der Waals surface area contributed by atoms with Crippen LogP contribution in [0.25, 0.3) is 0 Å². The van der Waals surface area contributed by atoms with Crippen molar-refractivity contribution in [3.05, 3.63) is 12.0 Å². The van der Waals surface area contributed by atoms with Gasteiger partial charge in [0.25, 0.3) is 0 Å². The van der Waals surface area contributed by atoms with Gasteiger partial charge in [0, 0.05) is 6.54 Å². The van der Waals surface area contributed by atoms with Crippen molar-refractivity contribution in [2.45, 2.75) is 34.2 Å². The number of esters is 1. The third-order valence-corrected chi connectivity index (χ3v) is 3.38. The minimum atomic E-state index is -0.489. The minimum Gasteiger partial charge on any atom is -0.464 e. The summed E-state index contributed by atoms with van der Waals surface area (Å²) in [6, 6.07) is 0. The summed E-state index contributed by atoms with van der Waals surface area (Å²) in [5.41, 5.74) is 6.13. The lowest BCUT2D eigenvalue weighted by molar-refractivity contribution is 0.0596. The molecule has 0 atom stereocenters. The number of hydrogen-bond donors (Lipinski definition) is 1. The Bertz CT molecular complexity index is 402. The molecule has 0 unspecified atom stereocenters. The normalized spacial score (nSPS) is 11.6. The second kappa shape index (κ2) is 5.89. The van der Waals surface area contributed by atoms with Crippen molar-refractivity contribution < 1.29 is 9.53 Å². The Labute approximate surface area is 108 Å². The second-order valence-corrected chi connectivity index (χ2v) is 5.27. The molecular formula is C13H23N3O2. The van der Waals surface area contributed by atoms with Gasteiger partial charge in [-0.25, -0.2) is 9.78 Å². The summed E-state index contributed by atoms with van der Waals surface area (Å²) < 4.78 is 6.47. The third kappa shape index (κ3) is 3.03. The van der Waals surface area contributed by atoms with Crippen LogP contribution in [-0.2, 0) is 11.3 Å². The van der Waals surface area contributed by atoms with E-state index in [1.165, 1.54) is 7.11 Å². The summed E-state index contributed by atoms with van der Waals surface area (Å²) in [6.45, 7) is 9.54. The molecule has 1 heterocycles. The van der Waals surface area contributed by atoms with Crippen LogP contribution in [0.4, 0.5) is 5.82 Å². The summed E-state index contributed by atoms with van der Waals surface area (Å²) in [5.74, 6) is 1.48. The summed E-state index contributed by atoms with van der Waals surface area (Å²) in [7, 11) is 1.33. The lowest BCUT2D eigenvalue weighted by Crippen LogP contribution is -2.22. The molecule has 1 aromatic heterocycles. The van der Waals surface area contributed by atoms with Crippen LogP contribution in [-0.4, -0.2) is 22.6 Å². The van der Waals surface area contributed by atoms with Crippen molar-refractivity contribution in [1.82, 2.24) is 9.55 Å². The van der Waals surface area contributed by atoms with Gasteiger partial charge in [-0.2, -0.15) is 0 Å². The average Bonchev–Trinajstić information content (AvgIpc) is 2.65. The number of aromatic nitrogens is 2. The number of nitrogens with two attached hydrogens (primary N) is 1. The molecule has 2 N–H and O–H groups in total. The molecule has 1 rings (SSSR count). The van der Waals surface area contributed by atoms with Gasteiger partial charge >= 0.3 is 5.97 Å². The Morgan fingerprint density at radius 1 is 1.39 bits per heavy atom. The molecule has 0 aromatic carbocycles. The van der Waals surface area contributed by atoms with Crippen LogP contribution in [0.5, 0.6) is 0 Å². The van der Waals surface area contributed by atoms with Crippen molar-refractivity contribution in [3.63, 3.8) is 0 Å². The van der Waals surface area contributed by atoms with E-state index in [2.05, 4.69) is 37.4 Å². The Morgan fingerprint density at radius 2 is 1.94 bits per heavy atom. The monoisotopic (exact) mass is 253 g/mol. The molecule has 18 heavy (non-hydrogen) atoms. The van der Waals surface area contributed by atoms with Crippen LogP contribution in [0.15, 0.2) is 6.33 Å². The van der Waals surface area contributed by atoms with Crippen LogP contribution in [0, 0.1) is 17.8 Å². The van der Waals surface area contributed by atoms with E-state index >= 15 is 0 Å². The molecule has 0 aliphatic carbocycles. The van der Waals surface area contributed by atoms with Gasteiger partial charge in [-0.05, 0) is 17.8 Å². The molecule has 0 radical (unpaired) electrons. The molecule has 0 amide bonds. The molecule has 0 saturated carbocycles. The highest BCUT2D eigenvalue weighted by atomic mass is 16.5. The first-order valence-electron chi connectivity index (χ1n) is 6.27. The highest BCUT2D eigenvalue weighted by Crippen LogP contribution is 2.24. The molecule has 0 spiro atoms. The summed E-state index contributed by atoms with van der Waals surface area (Å²) >= 11 is 0. The van der Waals surface area contributed by atoms with Gasteiger partial charge in [0.1, 0.15) is 5.82 Å². The maximum absolute atomic E-state index is 11.4. The lowest BCUT2D eigenvalue weighted by atomic mass is 9.85. The largest absolute Gasteiger partial charge is 0.464 e. The number of imidazole rings is 1. The molecule has 1 aromatic rings. The van der Waals surface area contributed by atoms with Gasteiger partial charge in [-0.15, -0.1) is 0 Å². The Kier molecular flexibility index (Phi) is 4.76. The van der Waals surface area contributed by atoms with E-state index in [9.17, 15) is 4.79 Å². The average molecular weight is 253 g/mol. The molecule has 5 heteroatoms. The minimum absolute atomic E-state index is 0.198. The highest BCUT2D eigenvalue weighted by molar-refractivity contribution is 5.91. The zero-order valence-corrected chi connectivity index (χ0v) is 11.8. The van der Waals surface area contributed by atoms with Crippen molar-refractivity contribution in [3.8, 4) is 0 Å². The van der Waals surface area contributed by atoms with E-state index in [0.717, 1.165) is 6.54 Å². The fourth-order valence-corrected chi connectivity index (χ4v) is 2.21. The van der Waals surface area contributed by atoms with Crippen LogP contribution in [0.1, 0.15) is 38.2 Å². The third-order valence-electron chi connectivity index (χ3n) is 3.38. The number of carbonyl (C=O) groups excluding carboxylic acids is 1. The van der Waals surface area contributed by atoms with Gasteiger partial charge in [0.2, 0.25) is 0 Å². The van der Waals surface area contributed by atoms with Crippen LogP contribution in [0.3, 0.4) is 0 Å². The summed E-state index contributed by atoms with van der Waals surface area (Å²) in [4.78, 5) is 15.4. The van der Waals surface area contributed by atoms with E-state index in [4.69, 9.17) is 5.73 Å². The number of rotatable bonds is 5. The number of nitrogen functional groups attached to an aromatic ring is 1. The van der Waals surface area contributed by atoms with Crippen molar-refractivity contribution in [2.24, 2.45) is 17.8 Å². The second-order valence-electron chi connectivity index (χ2n) is 5.27. The highest BCUT2D eigenvalue weighted by Gasteiger charge is 2.22. The quantitative estimate of drug-likeness (QED) is 0.816. The number of ether oxygens (including phenoxy) is 1. The van der Waals surface area contributed by atoms with Crippen molar-refractivity contribution >= 4 is 11.8 Å². The Hall–Kier alpha value is -1.52. The first-order chi connectivity index (χ1) is 8.38. The predicted molar refractivity (Wildman–Crippen MR) is 71.1 cm³/mol. The molecule has 5 nitrogen and oxygen atoms in total. The number of nitrogens with zero attached hydrogens (tertiary/aromatic N) is 2. The van der Waals surface area contributed by atoms with Gasteiger partial charge in [-0.3, -0.25) is 0 Å². The van der Waals surface area contributed by atoms with Crippen LogP contribution in [0.2, 0.25) is 0 Å². The molecule has 0 bridgehead atoms. The van der Waals surface area contributed by atoms with Gasteiger partial charge in [0.05, 0.1) is 13.4 Å². The van der Waals surface area contributed by atoms with Crippen LogP contribution < -0.4 is 5.73 Å². The number of hydrogen-bond acceptors (Lipinski definition) is 4. The fraction of sp³-hybridized carbons (Fsp3) is 0.692. The fourth-order valence-electron chi connectivity index (χ4n) is 2.21. The first-order valence-corrected chi connectivity index (χ1v) is 6.27. The van der Waals surface area contributed by atoms with E-state index in [1.807, 2.05) is 4.57 Å². The van der Waals surface area contributed by atoms with Crippen molar-refractivity contribution in [1.29, 1.82) is 0 Å². The smallest absolute Gasteiger partial charge is 0.360 e. The molecular weight excluding hydrogens is 230 g/mol. The van der Waals surface area contributed by atoms with E-state index in [-0.39, 0.29) is 5.69 Å². The van der Waals surface area contributed by atoms with Crippen molar-refractivity contribution in [2.75, 3.05) is 12.8 Å². The van der Waals surface area contributed by atoms with Gasteiger partial charge in [-0.1, -0.05) is 27.7 Å². The number of anilines is 1. The molecule has 0 fully saturated rings. The van der Waals surface area contributed by atoms with Crippen LogP contribution >= 0.6 is 0 Å². The maximum atomic E-state index is 11.4. The first kappa shape index (κ1) is 14.5. The number of carbonyl (C=O) groups is 1. The standard InChI is InChI=1S/C13H23N3O2/c1-8(2)10(9(3)4)6-16-7-15-11(12(16)14)13(17)18-5/h7-10H,6,14H2,1-5H3. The molecule has 0 aliphatic heterocycles. The SMILES string of the molecule is COC(=O)c1ncn(CC(C(C)C)C(C)C)c1N. The Morgan fingerprint density at radius 3 is 2.39 bits per heavy atom. The number of methoxy groups -OCH3 is 1. The van der Waals surface area contributed by atoms with E-state index in [0.29, 0.717) is 23.6 Å². The molecule has 0 aliphatic rings. The van der Waals surface area contributed by atoms with Gasteiger partial charge in [0.15, 0.2) is 5.69 Å². The predicted octanol–water partition coefficient (Wildman–Crippen LogP) is 2.18. The maximum Gasteiger partial charge on any atom is 0.360 e.